The van der Waals surface area contributed by atoms with Crippen LogP contribution >= 0.6 is 27.5 Å². The Bertz CT molecular complexity index is 644. The summed E-state index contributed by atoms with van der Waals surface area (Å²) in [6.45, 7) is 1.45. The van der Waals surface area contributed by atoms with Crippen molar-refractivity contribution in [3.05, 3.63) is 33.9 Å². The number of rotatable bonds is 1. The number of Topliss-reactive ketones (excluding diaryl/α,β-unsaturated/α-hetero) is 1. The third-order valence-corrected chi connectivity index (χ3v) is 4.16. The third-order valence-electron chi connectivity index (χ3n) is 3.39. The number of hydrogen-bond acceptors (Lipinski definition) is 3. The van der Waals surface area contributed by atoms with Crippen molar-refractivity contribution in [3.63, 3.8) is 0 Å². The molecule has 0 atom stereocenters. The zero-order valence-electron chi connectivity index (χ0n) is 10.2. The second-order valence-corrected chi connectivity index (χ2v) is 5.96. The normalized spacial score (nSPS) is 16.1. The monoisotopic (exact) mass is 338 g/mol. The van der Waals surface area contributed by atoms with E-state index >= 15 is 0 Å². The summed E-state index contributed by atoms with van der Waals surface area (Å²) in [6.07, 6.45) is 2.87. The summed E-state index contributed by atoms with van der Waals surface area (Å²) in [5.41, 5.74) is 1.90. The van der Waals surface area contributed by atoms with Crippen molar-refractivity contribution < 1.29 is 4.79 Å². The highest BCUT2D eigenvalue weighted by molar-refractivity contribution is 9.10. The van der Waals surface area contributed by atoms with E-state index in [1.165, 1.54) is 0 Å². The lowest BCUT2D eigenvalue weighted by Gasteiger charge is -2.29. The molecule has 0 radical (unpaired) electrons. The van der Waals surface area contributed by atoms with Gasteiger partial charge in [0.2, 0.25) is 0 Å². The van der Waals surface area contributed by atoms with E-state index in [0.29, 0.717) is 23.6 Å². The van der Waals surface area contributed by atoms with Crippen molar-refractivity contribution in [1.29, 1.82) is 0 Å². The molecule has 19 heavy (non-hydrogen) atoms. The van der Waals surface area contributed by atoms with Gasteiger partial charge in [0.1, 0.15) is 5.78 Å². The highest BCUT2D eigenvalue weighted by Gasteiger charge is 2.20. The summed E-state index contributed by atoms with van der Waals surface area (Å²) >= 11 is 9.80. The van der Waals surface area contributed by atoms with Crippen molar-refractivity contribution in [2.24, 2.45) is 0 Å². The molecule has 5 heteroatoms. The smallest absolute Gasteiger partial charge is 0.136 e. The van der Waals surface area contributed by atoms with E-state index in [-0.39, 0.29) is 0 Å². The van der Waals surface area contributed by atoms with Crippen LogP contribution in [0.2, 0.25) is 5.02 Å². The molecule has 0 bridgehead atoms. The van der Waals surface area contributed by atoms with Gasteiger partial charge in [0.15, 0.2) is 0 Å². The number of carbonyl (C=O) groups is 1. The van der Waals surface area contributed by atoms with Gasteiger partial charge in [-0.25, -0.2) is 0 Å². The molecule has 3 nitrogen and oxygen atoms in total. The first-order valence-electron chi connectivity index (χ1n) is 6.15. The van der Waals surface area contributed by atoms with E-state index in [1.807, 2.05) is 18.2 Å². The number of pyridine rings is 1. The van der Waals surface area contributed by atoms with Crippen LogP contribution in [-0.2, 0) is 4.79 Å². The molecule has 1 aliphatic heterocycles. The number of benzene rings is 1. The van der Waals surface area contributed by atoms with Crippen LogP contribution in [0.15, 0.2) is 28.9 Å². The zero-order valence-corrected chi connectivity index (χ0v) is 12.5. The molecule has 1 fully saturated rings. The van der Waals surface area contributed by atoms with Gasteiger partial charge in [-0.2, -0.15) is 0 Å². The summed E-state index contributed by atoms with van der Waals surface area (Å²) in [5.74, 6) is 0.326. The Labute approximate surface area is 124 Å². The lowest BCUT2D eigenvalue weighted by molar-refractivity contribution is -0.119. The van der Waals surface area contributed by atoms with E-state index in [1.54, 1.807) is 6.20 Å². The van der Waals surface area contributed by atoms with Crippen LogP contribution in [-0.4, -0.2) is 23.9 Å². The standard InChI is InChI=1S/C14H12BrClN2O/c15-9-1-2-13-11(7-9)14(12(16)8-17-13)18-5-3-10(19)4-6-18/h1-2,7-8H,3-6H2. The number of nitrogens with zero attached hydrogens (tertiary/aromatic N) is 2. The van der Waals surface area contributed by atoms with E-state index in [9.17, 15) is 4.79 Å². The number of hydrogen-bond donors (Lipinski definition) is 0. The SMILES string of the molecule is O=C1CCN(c2c(Cl)cnc3ccc(Br)cc23)CC1. The van der Waals surface area contributed by atoms with Gasteiger partial charge in [-0.05, 0) is 18.2 Å². The lowest BCUT2D eigenvalue weighted by atomic mass is 10.1. The molecule has 1 aromatic heterocycles. The molecule has 3 rings (SSSR count). The van der Waals surface area contributed by atoms with Gasteiger partial charge in [0, 0.05) is 42.0 Å². The molecule has 0 unspecified atom stereocenters. The third kappa shape index (κ3) is 2.47. The van der Waals surface area contributed by atoms with Crippen LogP contribution < -0.4 is 4.90 Å². The summed E-state index contributed by atoms with van der Waals surface area (Å²) in [7, 11) is 0. The zero-order chi connectivity index (χ0) is 13.4. The molecule has 0 spiro atoms. The van der Waals surface area contributed by atoms with Crippen LogP contribution in [0, 0.1) is 0 Å². The minimum Gasteiger partial charge on any atom is -0.369 e. The minimum atomic E-state index is 0.326. The Morgan fingerprint density at radius 3 is 2.74 bits per heavy atom. The first-order chi connectivity index (χ1) is 9.15. The number of carbonyl (C=O) groups excluding carboxylic acids is 1. The predicted molar refractivity (Wildman–Crippen MR) is 80.9 cm³/mol. The number of piperidine rings is 1. The Morgan fingerprint density at radius 2 is 2.00 bits per heavy atom. The second-order valence-electron chi connectivity index (χ2n) is 4.64. The summed E-state index contributed by atoms with van der Waals surface area (Å²) in [6, 6.07) is 5.96. The summed E-state index contributed by atoms with van der Waals surface area (Å²) in [5, 5.41) is 1.66. The summed E-state index contributed by atoms with van der Waals surface area (Å²) < 4.78 is 0.999. The maximum atomic E-state index is 11.4. The fraction of sp³-hybridized carbons (Fsp3) is 0.286. The number of ketones is 1. The fourth-order valence-corrected chi connectivity index (χ4v) is 3.06. The van der Waals surface area contributed by atoms with Crippen LogP contribution in [0.25, 0.3) is 10.9 Å². The molecule has 0 aliphatic carbocycles. The van der Waals surface area contributed by atoms with Gasteiger partial charge in [-0.3, -0.25) is 9.78 Å². The fourth-order valence-electron chi connectivity index (χ4n) is 2.43. The maximum absolute atomic E-state index is 11.4. The van der Waals surface area contributed by atoms with Crippen molar-refractivity contribution in [3.8, 4) is 0 Å². The molecule has 2 aromatic rings. The van der Waals surface area contributed by atoms with Gasteiger partial charge < -0.3 is 4.90 Å². The molecule has 0 saturated carbocycles. The Hall–Kier alpha value is -1.13. The van der Waals surface area contributed by atoms with E-state index in [0.717, 1.165) is 34.2 Å². The molecular formula is C14H12BrClN2O. The van der Waals surface area contributed by atoms with Gasteiger partial charge in [-0.1, -0.05) is 27.5 Å². The second kappa shape index (κ2) is 5.10. The topological polar surface area (TPSA) is 33.2 Å². The van der Waals surface area contributed by atoms with Crippen LogP contribution in [0.5, 0.6) is 0 Å². The summed E-state index contributed by atoms with van der Waals surface area (Å²) in [4.78, 5) is 17.9. The van der Waals surface area contributed by atoms with Gasteiger partial charge in [0.25, 0.3) is 0 Å². The molecular weight excluding hydrogens is 328 g/mol. The van der Waals surface area contributed by atoms with Crippen molar-refractivity contribution in [2.75, 3.05) is 18.0 Å². The molecule has 2 heterocycles. The Balaban J connectivity index is 2.13. The first-order valence-corrected chi connectivity index (χ1v) is 7.32. The van der Waals surface area contributed by atoms with Gasteiger partial charge in [-0.15, -0.1) is 0 Å². The van der Waals surface area contributed by atoms with E-state index in [2.05, 4.69) is 25.8 Å². The van der Waals surface area contributed by atoms with Gasteiger partial charge in [0.05, 0.1) is 16.2 Å². The molecule has 0 N–H and O–H groups in total. The highest BCUT2D eigenvalue weighted by atomic mass is 79.9. The largest absolute Gasteiger partial charge is 0.369 e. The molecule has 1 saturated heterocycles. The average Bonchev–Trinajstić information content (AvgIpc) is 2.40. The minimum absolute atomic E-state index is 0.326. The predicted octanol–water partition coefficient (Wildman–Crippen LogP) is 3.82. The van der Waals surface area contributed by atoms with Gasteiger partial charge >= 0.3 is 0 Å². The number of aromatic nitrogens is 1. The maximum Gasteiger partial charge on any atom is 0.136 e. The van der Waals surface area contributed by atoms with E-state index < -0.39 is 0 Å². The average molecular weight is 340 g/mol. The van der Waals surface area contributed by atoms with Crippen molar-refractivity contribution >= 4 is 49.9 Å². The van der Waals surface area contributed by atoms with Crippen molar-refractivity contribution in [1.82, 2.24) is 4.98 Å². The highest BCUT2D eigenvalue weighted by Crippen LogP contribution is 2.35. The number of fused-ring (bicyclic) bond motifs is 1. The number of anilines is 1. The first kappa shape index (κ1) is 12.9. The molecule has 98 valence electrons. The molecule has 0 amide bonds. The van der Waals surface area contributed by atoms with Crippen molar-refractivity contribution in [2.45, 2.75) is 12.8 Å². The molecule has 1 aliphatic rings. The molecule has 1 aromatic carbocycles. The quantitative estimate of drug-likeness (QED) is 0.792. The Kier molecular flexibility index (Phi) is 3.46. The van der Waals surface area contributed by atoms with Crippen LogP contribution in [0.3, 0.4) is 0 Å². The lowest BCUT2D eigenvalue weighted by Crippen LogP contribution is -2.34. The Morgan fingerprint density at radius 1 is 1.26 bits per heavy atom. The van der Waals surface area contributed by atoms with Crippen LogP contribution in [0.4, 0.5) is 5.69 Å². The van der Waals surface area contributed by atoms with E-state index in [4.69, 9.17) is 11.6 Å². The van der Waals surface area contributed by atoms with Crippen LogP contribution in [0.1, 0.15) is 12.8 Å². The number of halogens is 2.